The van der Waals surface area contributed by atoms with Crippen molar-refractivity contribution in [2.24, 2.45) is 5.73 Å². The van der Waals surface area contributed by atoms with Crippen molar-refractivity contribution in [1.82, 2.24) is 14.9 Å². The smallest absolute Gasteiger partial charge is 0.408 e. The second-order valence-corrected chi connectivity index (χ2v) is 7.10. The molecule has 1 aliphatic rings. The Bertz CT molecular complexity index is 1050. The molecule has 0 unspecified atom stereocenters. The number of aryl methyl sites for hydroxylation is 1. The summed E-state index contributed by atoms with van der Waals surface area (Å²) in [5, 5.41) is 4.15. The summed E-state index contributed by atoms with van der Waals surface area (Å²) in [6, 6.07) is 11.6. The van der Waals surface area contributed by atoms with Crippen LogP contribution < -0.4 is 15.8 Å². The maximum absolute atomic E-state index is 13.9. The van der Waals surface area contributed by atoms with Crippen molar-refractivity contribution in [2.45, 2.75) is 19.4 Å². The van der Waals surface area contributed by atoms with Crippen LogP contribution in [0.25, 0.3) is 10.9 Å². The largest absolute Gasteiger partial charge is 0.410 e. The zero-order valence-corrected chi connectivity index (χ0v) is 16.1. The number of nitrogens with one attached hydrogen (secondary N) is 1. The molecule has 0 bridgehead atoms. The van der Waals surface area contributed by atoms with Crippen LogP contribution in [0.2, 0.25) is 0 Å². The van der Waals surface area contributed by atoms with Crippen molar-refractivity contribution in [2.75, 3.05) is 25.0 Å². The number of ether oxygens (including phenoxy) is 1. The van der Waals surface area contributed by atoms with Gasteiger partial charge in [0.25, 0.3) is 0 Å². The van der Waals surface area contributed by atoms with Crippen molar-refractivity contribution >= 4 is 22.8 Å². The summed E-state index contributed by atoms with van der Waals surface area (Å²) in [4.78, 5) is 22.5. The molecule has 0 aliphatic carbocycles. The first kappa shape index (κ1) is 19.1. The normalized spacial score (nSPS) is 15.0. The molecule has 0 saturated carbocycles. The summed E-state index contributed by atoms with van der Waals surface area (Å²) in [7, 11) is 0. The molecule has 1 atom stereocenters. The predicted molar refractivity (Wildman–Crippen MR) is 108 cm³/mol. The lowest BCUT2D eigenvalue weighted by Gasteiger charge is -2.35. The van der Waals surface area contributed by atoms with Gasteiger partial charge in [0.15, 0.2) is 5.75 Å². The maximum atomic E-state index is 13.9. The van der Waals surface area contributed by atoms with Crippen LogP contribution in [0, 0.1) is 12.7 Å². The zero-order chi connectivity index (χ0) is 20.4. The second-order valence-electron chi connectivity index (χ2n) is 7.10. The molecule has 0 spiro atoms. The number of amides is 1. The highest BCUT2D eigenvalue weighted by molar-refractivity contribution is 5.94. The second kappa shape index (κ2) is 8.00. The maximum Gasteiger partial charge on any atom is 0.410 e. The van der Waals surface area contributed by atoms with Crippen LogP contribution in [0.5, 0.6) is 5.75 Å². The number of benzene rings is 2. The standard InChI is InChI=1S/C21H22FN5O2/c1-13-24-19-16(7-3-8-18(19)29-21(23)28)20(25-13)26-17(12-27-9-4-10-27)14-5-2-6-15(22)11-14/h2-3,5-8,11,17H,4,9-10,12H2,1H3,(H2,23,28)(H,24,25,26)/t17-/m1/s1. The van der Waals surface area contributed by atoms with Crippen LogP contribution >= 0.6 is 0 Å². The predicted octanol–water partition coefficient (Wildman–Crippen LogP) is 3.39. The van der Waals surface area contributed by atoms with Gasteiger partial charge in [-0.3, -0.25) is 0 Å². The third-order valence-electron chi connectivity index (χ3n) is 4.96. The van der Waals surface area contributed by atoms with E-state index < -0.39 is 6.09 Å². The van der Waals surface area contributed by atoms with Crippen LogP contribution in [-0.2, 0) is 0 Å². The van der Waals surface area contributed by atoms with Gasteiger partial charge in [-0.1, -0.05) is 18.2 Å². The first-order valence-electron chi connectivity index (χ1n) is 9.48. The quantitative estimate of drug-likeness (QED) is 0.665. The van der Waals surface area contributed by atoms with Gasteiger partial charge in [0.05, 0.1) is 6.04 Å². The van der Waals surface area contributed by atoms with Gasteiger partial charge < -0.3 is 20.7 Å². The molecule has 8 heteroatoms. The molecular formula is C21H22FN5O2. The van der Waals surface area contributed by atoms with E-state index in [1.54, 1.807) is 25.1 Å². The molecule has 3 N–H and O–H groups in total. The zero-order valence-electron chi connectivity index (χ0n) is 16.1. The number of primary amides is 1. The fourth-order valence-corrected chi connectivity index (χ4v) is 3.48. The summed E-state index contributed by atoms with van der Waals surface area (Å²) in [6.07, 6.45) is 0.262. The number of likely N-dealkylation sites (tertiary alicyclic amines) is 1. The van der Waals surface area contributed by atoms with Crippen LogP contribution in [0.1, 0.15) is 23.9 Å². The number of para-hydroxylation sites is 1. The monoisotopic (exact) mass is 395 g/mol. The fraction of sp³-hybridized carbons (Fsp3) is 0.286. The Kier molecular flexibility index (Phi) is 5.26. The van der Waals surface area contributed by atoms with Gasteiger partial charge in [-0.15, -0.1) is 0 Å². The van der Waals surface area contributed by atoms with Gasteiger partial charge in [0, 0.05) is 11.9 Å². The minimum atomic E-state index is -0.904. The van der Waals surface area contributed by atoms with Gasteiger partial charge >= 0.3 is 6.09 Å². The minimum Gasteiger partial charge on any atom is -0.408 e. The first-order chi connectivity index (χ1) is 14.0. The van der Waals surface area contributed by atoms with Gasteiger partial charge in [-0.2, -0.15) is 0 Å². The van der Waals surface area contributed by atoms with Crippen molar-refractivity contribution < 1.29 is 13.9 Å². The number of halogens is 1. The SMILES string of the molecule is Cc1nc(N[C@H](CN2CCC2)c2cccc(F)c2)c2cccc(OC(N)=O)c2n1. The highest BCUT2D eigenvalue weighted by atomic mass is 19.1. The van der Waals surface area contributed by atoms with E-state index in [2.05, 4.69) is 20.2 Å². The lowest BCUT2D eigenvalue weighted by Crippen LogP contribution is -2.41. The van der Waals surface area contributed by atoms with Crippen molar-refractivity contribution in [3.05, 3.63) is 59.7 Å². The molecule has 1 amide bonds. The Balaban J connectivity index is 1.74. The Morgan fingerprint density at radius 2 is 2.07 bits per heavy atom. The van der Waals surface area contributed by atoms with Gasteiger partial charge in [-0.25, -0.2) is 19.2 Å². The van der Waals surface area contributed by atoms with Crippen LogP contribution in [0.4, 0.5) is 15.0 Å². The Morgan fingerprint density at radius 3 is 2.76 bits per heavy atom. The summed E-state index contributed by atoms with van der Waals surface area (Å²) in [5.41, 5.74) is 6.51. The number of hydrogen-bond donors (Lipinski definition) is 2. The third-order valence-corrected chi connectivity index (χ3v) is 4.96. The Labute approximate surface area is 167 Å². The molecule has 1 aromatic heterocycles. The van der Waals surface area contributed by atoms with Crippen molar-refractivity contribution in [3.63, 3.8) is 0 Å². The van der Waals surface area contributed by atoms with E-state index in [0.717, 1.165) is 25.2 Å². The van der Waals surface area contributed by atoms with E-state index in [4.69, 9.17) is 10.5 Å². The number of hydrogen-bond acceptors (Lipinski definition) is 6. The fourth-order valence-electron chi connectivity index (χ4n) is 3.48. The molecule has 1 saturated heterocycles. The average Bonchev–Trinajstić information content (AvgIpc) is 2.63. The number of anilines is 1. The lowest BCUT2D eigenvalue weighted by molar-refractivity contribution is 0.174. The molecule has 3 aromatic rings. The number of carbonyl (C=O) groups is 1. The van der Waals surface area contributed by atoms with E-state index in [1.807, 2.05) is 12.1 Å². The van der Waals surface area contributed by atoms with Crippen molar-refractivity contribution in [1.29, 1.82) is 0 Å². The van der Waals surface area contributed by atoms with Gasteiger partial charge in [-0.05, 0) is 56.3 Å². The highest BCUT2D eigenvalue weighted by Crippen LogP contribution is 2.31. The number of nitrogens with zero attached hydrogens (tertiary/aromatic N) is 3. The van der Waals surface area contributed by atoms with Crippen LogP contribution in [0.3, 0.4) is 0 Å². The lowest BCUT2D eigenvalue weighted by atomic mass is 10.0. The van der Waals surface area contributed by atoms with Crippen molar-refractivity contribution in [3.8, 4) is 5.75 Å². The molecule has 1 fully saturated rings. The van der Waals surface area contributed by atoms with Crippen LogP contribution in [-0.4, -0.2) is 40.6 Å². The van der Waals surface area contributed by atoms with E-state index >= 15 is 0 Å². The molecule has 0 radical (unpaired) electrons. The molecule has 150 valence electrons. The molecular weight excluding hydrogens is 373 g/mol. The summed E-state index contributed by atoms with van der Waals surface area (Å²) in [6.45, 7) is 4.53. The van der Waals surface area contributed by atoms with E-state index in [1.165, 1.54) is 18.6 Å². The molecule has 29 heavy (non-hydrogen) atoms. The van der Waals surface area contributed by atoms with Gasteiger partial charge in [0.2, 0.25) is 0 Å². The van der Waals surface area contributed by atoms with Gasteiger partial charge in [0.1, 0.15) is 23.0 Å². The summed E-state index contributed by atoms with van der Waals surface area (Å²) >= 11 is 0. The average molecular weight is 395 g/mol. The molecule has 1 aliphatic heterocycles. The molecule has 4 rings (SSSR count). The molecule has 2 heterocycles. The Morgan fingerprint density at radius 1 is 1.28 bits per heavy atom. The molecule has 7 nitrogen and oxygen atoms in total. The van der Waals surface area contributed by atoms with E-state index in [9.17, 15) is 9.18 Å². The number of fused-ring (bicyclic) bond motifs is 1. The van der Waals surface area contributed by atoms with Crippen LogP contribution in [0.15, 0.2) is 42.5 Å². The van der Waals surface area contributed by atoms with E-state index in [-0.39, 0.29) is 17.6 Å². The summed E-state index contributed by atoms with van der Waals surface area (Å²) < 4.78 is 19.0. The third kappa shape index (κ3) is 4.27. The highest BCUT2D eigenvalue weighted by Gasteiger charge is 2.22. The first-order valence-corrected chi connectivity index (χ1v) is 9.48. The number of carbonyl (C=O) groups excluding carboxylic acids is 1. The molecule has 2 aromatic carbocycles. The number of nitrogens with two attached hydrogens (primary N) is 1. The number of rotatable bonds is 6. The number of aromatic nitrogens is 2. The Hall–Kier alpha value is -3.26. The topological polar surface area (TPSA) is 93.4 Å². The minimum absolute atomic E-state index is 0.163. The summed E-state index contributed by atoms with van der Waals surface area (Å²) in [5.74, 6) is 1.10. The van der Waals surface area contributed by atoms with E-state index in [0.29, 0.717) is 22.5 Å².